The van der Waals surface area contributed by atoms with Crippen LogP contribution in [-0.2, 0) is 19.5 Å². The van der Waals surface area contributed by atoms with Crippen LogP contribution in [0.15, 0.2) is 261 Å². The summed E-state index contributed by atoms with van der Waals surface area (Å²) in [6.07, 6.45) is 7.05. The Kier molecular flexibility index (Phi) is 33.3. The molecule has 0 N–H and O–H groups in total. The van der Waals surface area contributed by atoms with Gasteiger partial charge >= 0.3 is 19.5 Å². The summed E-state index contributed by atoms with van der Waals surface area (Å²) < 4.78 is 0. The molecule has 9 aromatic rings. The van der Waals surface area contributed by atoms with Gasteiger partial charge in [-0.1, -0.05) is 279 Å². The van der Waals surface area contributed by atoms with Gasteiger partial charge in [0.15, 0.2) is 0 Å². The van der Waals surface area contributed by atoms with E-state index in [1.165, 1.54) is 54.2 Å². The van der Waals surface area contributed by atoms with Crippen molar-refractivity contribution in [1.29, 1.82) is 0 Å². The zero-order valence-corrected chi connectivity index (χ0v) is 51.5. The standard InChI is InChI=1S/2C25H22P2.C12H10Cl.2CH2Cl2.ClH.Ru/c2*1-5-13-22(14-6-1)26(23-15-7-2-8-16-23)21-27(24-17-9-3-10-18-24)25-19-11-4-12-20-25;1-5-11-6-9(3)12(10(4)13)7-8(11)2;2*2-1-3;;/h2*1-20H,21H2;6-7H,4H2,2-3H3;2*1H2;1H;/q;;-1;;;;+2/p-1. The van der Waals surface area contributed by atoms with Crippen molar-refractivity contribution in [1.82, 2.24) is 0 Å². The van der Waals surface area contributed by atoms with Gasteiger partial charge in [-0.2, -0.15) is 0 Å². The van der Waals surface area contributed by atoms with Crippen molar-refractivity contribution in [2.24, 2.45) is 0 Å². The van der Waals surface area contributed by atoms with Crippen LogP contribution in [0.3, 0.4) is 0 Å². The maximum atomic E-state index is 7.05. The summed E-state index contributed by atoms with van der Waals surface area (Å²) in [6, 6.07) is 92.1. The molecule has 0 radical (unpaired) electrons. The SMILES string of the molecule is ClCCl.ClCCl.[C-]#Cc1cc(C)c(C(=C)Cl)cc1C.[Cl-].[Ru+2].c1ccc(P(CP(c2ccccc2)c2ccccc2)c2ccccc2)cc1.c1ccc(P(CP(c2ccccc2)c2ccccc2)c2ccccc2)cc1. The molecule has 0 aliphatic carbocycles. The molecule has 0 unspecified atom stereocenters. The Labute approximate surface area is 496 Å². The molecule has 384 valence electrons. The fraction of sp³-hybridized carbons (Fsp3) is 0.0938. The first-order valence-electron chi connectivity index (χ1n) is 23.4. The largest absolute Gasteiger partial charge is 2.00 e. The van der Waals surface area contributed by atoms with E-state index in [0.29, 0.717) is 5.03 Å². The van der Waals surface area contributed by atoms with E-state index < -0.39 is 31.7 Å². The van der Waals surface area contributed by atoms with Crippen molar-refractivity contribution in [3.63, 3.8) is 0 Å². The van der Waals surface area contributed by atoms with E-state index in [1.807, 2.05) is 26.0 Å². The van der Waals surface area contributed by atoms with Crippen LogP contribution in [0, 0.1) is 26.2 Å². The molecule has 0 fully saturated rings. The summed E-state index contributed by atoms with van der Waals surface area (Å²) in [5.41, 5.74) is 3.77. The molecule has 75 heavy (non-hydrogen) atoms. The average Bonchev–Trinajstić information content (AvgIpc) is 3.44. The van der Waals surface area contributed by atoms with Crippen molar-refractivity contribution in [2.75, 3.05) is 22.5 Å². The van der Waals surface area contributed by atoms with E-state index in [0.717, 1.165) is 22.3 Å². The summed E-state index contributed by atoms with van der Waals surface area (Å²) in [7, 11) is -1.63. The van der Waals surface area contributed by atoms with Crippen molar-refractivity contribution in [2.45, 2.75) is 13.8 Å². The predicted molar refractivity (Wildman–Crippen MR) is 336 cm³/mol. The molecule has 0 nitrogen and oxygen atoms in total. The molecule has 11 heteroatoms. The van der Waals surface area contributed by atoms with Crippen molar-refractivity contribution in [3.05, 3.63) is 290 Å². The second kappa shape index (κ2) is 38.0. The minimum Gasteiger partial charge on any atom is -1.00 e. The van der Waals surface area contributed by atoms with Crippen LogP contribution in [-0.4, -0.2) is 22.5 Å². The Balaban J connectivity index is 0.000000292. The summed E-state index contributed by atoms with van der Waals surface area (Å²) >= 11 is 24.9. The Bertz CT molecular complexity index is 2470. The number of alkyl halides is 4. The summed E-state index contributed by atoms with van der Waals surface area (Å²) in [5.74, 6) is 4.73. The van der Waals surface area contributed by atoms with Gasteiger partial charge in [0, 0.05) is 16.8 Å². The zero-order valence-electron chi connectivity index (χ0n) is 41.7. The minimum atomic E-state index is -0.409. The molecule has 0 spiro atoms. The Morgan fingerprint density at radius 1 is 0.387 bits per heavy atom. The third-order valence-corrected chi connectivity index (χ3v) is 23.2. The van der Waals surface area contributed by atoms with Gasteiger partial charge in [0.05, 0.1) is 10.7 Å². The molecule has 9 rings (SSSR count). The van der Waals surface area contributed by atoms with E-state index in [1.54, 1.807) is 0 Å². The molecule has 0 heterocycles. The fourth-order valence-corrected chi connectivity index (χ4v) is 20.8. The monoisotopic (exact) mass is 1260 g/mol. The van der Waals surface area contributed by atoms with Gasteiger partial charge in [-0.3, -0.25) is 5.92 Å². The first-order valence-corrected chi connectivity index (χ1v) is 32.0. The van der Waals surface area contributed by atoms with Crippen LogP contribution in [0.25, 0.3) is 5.03 Å². The number of hydrogen-bond acceptors (Lipinski definition) is 0. The third kappa shape index (κ3) is 22.0. The number of aryl methyl sites for hydroxylation is 2. The number of benzene rings is 9. The Hall–Kier alpha value is -3.64. The molecule has 0 aliphatic rings. The van der Waals surface area contributed by atoms with E-state index in [-0.39, 0.29) is 42.6 Å². The summed E-state index contributed by atoms with van der Waals surface area (Å²) in [5, 5.41) is 12.6. The fourth-order valence-electron chi connectivity index (χ4n) is 7.64. The maximum absolute atomic E-state index is 7.05. The van der Waals surface area contributed by atoms with Gasteiger partial charge in [0.25, 0.3) is 0 Å². The van der Waals surface area contributed by atoms with Crippen LogP contribution >= 0.6 is 89.7 Å². The van der Waals surface area contributed by atoms with E-state index in [4.69, 9.17) is 64.4 Å². The number of rotatable bonds is 13. The average molecular weight is 1260 g/mol. The summed E-state index contributed by atoms with van der Waals surface area (Å²) in [4.78, 5) is 0. The second-order valence-electron chi connectivity index (χ2n) is 15.9. The van der Waals surface area contributed by atoms with Crippen LogP contribution in [0.5, 0.6) is 0 Å². The minimum absolute atomic E-state index is 0. The molecule has 0 amide bonds. The molecule has 9 aromatic carbocycles. The molecular formula is C64H58Cl6P4Ru. The van der Waals surface area contributed by atoms with Gasteiger partial charge in [-0.15, -0.1) is 63.6 Å². The molecule has 0 atom stereocenters. The zero-order chi connectivity index (χ0) is 52.0. The van der Waals surface area contributed by atoms with Crippen LogP contribution in [0.4, 0.5) is 0 Å². The van der Waals surface area contributed by atoms with Crippen LogP contribution < -0.4 is 54.8 Å². The molecule has 0 saturated carbocycles. The number of hydrogen-bond donors (Lipinski definition) is 0. The maximum Gasteiger partial charge on any atom is 2.00 e. The van der Waals surface area contributed by atoms with Crippen LogP contribution in [0.2, 0.25) is 0 Å². The van der Waals surface area contributed by atoms with Gasteiger partial charge in [-0.05, 0) is 86.6 Å². The van der Waals surface area contributed by atoms with E-state index >= 15 is 0 Å². The molecule has 0 bridgehead atoms. The third-order valence-electron chi connectivity index (χ3n) is 11.1. The molecular weight excluding hydrogens is 1210 g/mol. The second-order valence-corrected chi connectivity index (χ2v) is 27.8. The molecule has 0 saturated heterocycles. The molecule has 0 aliphatic heterocycles. The quantitative estimate of drug-likeness (QED) is 0.0355. The van der Waals surface area contributed by atoms with Crippen molar-refractivity contribution < 1.29 is 31.9 Å². The Morgan fingerprint density at radius 2 is 0.573 bits per heavy atom. The first kappa shape index (κ1) is 65.6. The predicted octanol–water partition coefficient (Wildman–Crippen LogP) is 13.7. The van der Waals surface area contributed by atoms with E-state index in [2.05, 4.69) is 255 Å². The smallest absolute Gasteiger partial charge is 1.00 e. The Morgan fingerprint density at radius 3 is 0.733 bits per heavy atom. The summed E-state index contributed by atoms with van der Waals surface area (Å²) in [6.45, 7) is 7.56. The topological polar surface area (TPSA) is 0 Å². The van der Waals surface area contributed by atoms with Gasteiger partial charge in [-0.25, -0.2) is 0 Å². The van der Waals surface area contributed by atoms with Gasteiger partial charge < -0.3 is 18.8 Å². The molecule has 0 aromatic heterocycles. The van der Waals surface area contributed by atoms with Crippen molar-refractivity contribution >= 4 is 137 Å². The normalized spacial score (nSPS) is 10.1. The number of halogens is 6. The van der Waals surface area contributed by atoms with E-state index in [9.17, 15) is 0 Å². The van der Waals surface area contributed by atoms with Gasteiger partial charge in [0.1, 0.15) is 0 Å². The van der Waals surface area contributed by atoms with Crippen LogP contribution in [0.1, 0.15) is 22.3 Å². The van der Waals surface area contributed by atoms with Crippen molar-refractivity contribution in [3.8, 4) is 5.92 Å². The first-order chi connectivity index (χ1) is 35.7. The van der Waals surface area contributed by atoms with Gasteiger partial charge in [0.2, 0.25) is 0 Å².